The molecule has 1 atom stereocenters. The molecular weight excluding hydrogens is 270 g/mol. The van der Waals surface area contributed by atoms with E-state index >= 15 is 0 Å². The molecule has 2 N–H and O–H groups in total. The van der Waals surface area contributed by atoms with Crippen LogP contribution in [0.25, 0.3) is 0 Å². The molecule has 21 heavy (non-hydrogen) atoms. The lowest BCUT2D eigenvalue weighted by atomic mass is 9.98. The van der Waals surface area contributed by atoms with Gasteiger partial charge in [0.2, 0.25) is 5.72 Å². The van der Waals surface area contributed by atoms with Crippen molar-refractivity contribution in [2.75, 3.05) is 5.32 Å². The third-order valence-electron chi connectivity index (χ3n) is 3.86. The van der Waals surface area contributed by atoms with Gasteiger partial charge in [-0.2, -0.15) is 0 Å². The van der Waals surface area contributed by atoms with Gasteiger partial charge >= 0.3 is 5.97 Å². The van der Waals surface area contributed by atoms with E-state index in [1.165, 1.54) is 6.92 Å². The molecule has 0 radical (unpaired) electrons. The minimum absolute atomic E-state index is 0.0707. The Hall–Kier alpha value is -2.43. The number of aliphatic hydroxyl groups is 1. The van der Waals surface area contributed by atoms with E-state index < -0.39 is 11.7 Å². The smallest absolute Gasteiger partial charge is 0.349 e. The number of hydrogen-bond acceptors (Lipinski definition) is 5. The van der Waals surface area contributed by atoms with Gasteiger partial charge < -0.3 is 19.9 Å². The van der Waals surface area contributed by atoms with Gasteiger partial charge in [-0.25, -0.2) is 4.79 Å². The first kappa shape index (κ1) is 13.5. The van der Waals surface area contributed by atoms with Crippen molar-refractivity contribution in [2.45, 2.75) is 33.4 Å². The van der Waals surface area contributed by atoms with E-state index in [4.69, 9.17) is 9.47 Å². The van der Waals surface area contributed by atoms with Gasteiger partial charge in [0.1, 0.15) is 22.8 Å². The summed E-state index contributed by atoms with van der Waals surface area (Å²) in [4.78, 5) is 12.1. The molecule has 0 unspecified atom stereocenters. The van der Waals surface area contributed by atoms with Crippen LogP contribution in [0.15, 0.2) is 35.3 Å². The molecule has 3 rings (SSSR count). The highest BCUT2D eigenvalue weighted by atomic mass is 16.6. The van der Waals surface area contributed by atoms with Crippen molar-refractivity contribution >= 4 is 11.7 Å². The summed E-state index contributed by atoms with van der Waals surface area (Å²) in [5.41, 5.74) is 1.74. The second-order valence-electron chi connectivity index (χ2n) is 5.45. The van der Waals surface area contributed by atoms with Crippen molar-refractivity contribution in [1.82, 2.24) is 0 Å². The number of aliphatic hydroxyl groups excluding tert-OH is 1. The first-order chi connectivity index (χ1) is 9.84. The van der Waals surface area contributed by atoms with E-state index in [0.717, 1.165) is 16.8 Å². The Morgan fingerprint density at radius 1 is 1.29 bits per heavy atom. The maximum atomic E-state index is 12.1. The van der Waals surface area contributed by atoms with E-state index in [2.05, 4.69) is 5.32 Å². The van der Waals surface area contributed by atoms with Crippen molar-refractivity contribution in [3.05, 3.63) is 46.4 Å². The van der Waals surface area contributed by atoms with Crippen molar-refractivity contribution in [3.8, 4) is 5.75 Å². The van der Waals surface area contributed by atoms with Gasteiger partial charge in [0.25, 0.3) is 0 Å². The Morgan fingerprint density at radius 2 is 2.00 bits per heavy atom. The SMILES string of the molecule is CC1=C[C@@]2(Nc3ccc(C)c(C)c3O2)C(=C(C)O)C(=O)O1. The summed E-state index contributed by atoms with van der Waals surface area (Å²) in [6.07, 6.45) is 1.66. The molecule has 2 aliphatic rings. The van der Waals surface area contributed by atoms with Crippen LogP contribution in [0.2, 0.25) is 0 Å². The number of rotatable bonds is 0. The highest BCUT2D eigenvalue weighted by Gasteiger charge is 2.49. The molecule has 110 valence electrons. The molecular formula is C16H17NO4. The third-order valence-corrected chi connectivity index (χ3v) is 3.86. The largest absolute Gasteiger partial charge is 0.512 e. The number of ether oxygens (including phenoxy) is 2. The maximum Gasteiger partial charge on any atom is 0.349 e. The number of cyclic esters (lactones) is 1. The monoisotopic (exact) mass is 287 g/mol. The Kier molecular flexibility index (Phi) is 2.76. The zero-order chi connectivity index (χ0) is 15.4. The average molecular weight is 287 g/mol. The van der Waals surface area contributed by atoms with Gasteiger partial charge in [-0.3, -0.25) is 0 Å². The summed E-state index contributed by atoms with van der Waals surface area (Å²) in [5.74, 6) is 0.385. The number of benzene rings is 1. The lowest BCUT2D eigenvalue weighted by Crippen LogP contribution is -2.47. The van der Waals surface area contributed by atoms with Crippen LogP contribution in [-0.4, -0.2) is 16.8 Å². The molecule has 0 amide bonds. The molecule has 1 aromatic carbocycles. The molecule has 0 saturated heterocycles. The van der Waals surface area contributed by atoms with Crippen LogP contribution >= 0.6 is 0 Å². The summed E-state index contributed by atoms with van der Waals surface area (Å²) < 4.78 is 11.1. The zero-order valence-corrected chi connectivity index (χ0v) is 12.4. The van der Waals surface area contributed by atoms with E-state index in [-0.39, 0.29) is 11.3 Å². The van der Waals surface area contributed by atoms with Crippen LogP contribution in [0, 0.1) is 13.8 Å². The normalized spacial score (nSPS) is 25.7. The van der Waals surface area contributed by atoms with Crippen molar-refractivity contribution in [2.24, 2.45) is 0 Å². The predicted molar refractivity (Wildman–Crippen MR) is 78.1 cm³/mol. The third kappa shape index (κ3) is 1.88. The van der Waals surface area contributed by atoms with Crippen LogP contribution in [-0.2, 0) is 9.53 Å². The minimum atomic E-state index is -1.21. The quantitative estimate of drug-likeness (QED) is 0.436. The number of carbonyl (C=O) groups is 1. The van der Waals surface area contributed by atoms with Crippen molar-refractivity contribution < 1.29 is 19.4 Å². The van der Waals surface area contributed by atoms with Crippen LogP contribution in [0.5, 0.6) is 5.75 Å². The molecule has 5 heteroatoms. The molecule has 0 aromatic heterocycles. The minimum Gasteiger partial charge on any atom is -0.512 e. The highest BCUT2D eigenvalue weighted by Crippen LogP contribution is 2.46. The van der Waals surface area contributed by atoms with E-state index in [9.17, 15) is 9.90 Å². The van der Waals surface area contributed by atoms with Crippen molar-refractivity contribution in [1.29, 1.82) is 0 Å². The van der Waals surface area contributed by atoms with E-state index in [0.29, 0.717) is 11.5 Å². The second-order valence-corrected chi connectivity index (χ2v) is 5.45. The number of aryl methyl sites for hydroxylation is 1. The Labute approximate surface area is 122 Å². The fourth-order valence-electron chi connectivity index (χ4n) is 2.74. The first-order valence-electron chi connectivity index (χ1n) is 6.73. The number of fused-ring (bicyclic) bond motifs is 1. The molecule has 1 aromatic rings. The van der Waals surface area contributed by atoms with E-state index in [1.54, 1.807) is 13.0 Å². The van der Waals surface area contributed by atoms with Crippen LogP contribution in [0.3, 0.4) is 0 Å². The topological polar surface area (TPSA) is 67.8 Å². The molecule has 0 fully saturated rings. The number of nitrogens with one attached hydrogen (secondary N) is 1. The molecule has 0 aliphatic carbocycles. The van der Waals surface area contributed by atoms with Gasteiger partial charge in [0.05, 0.1) is 5.69 Å². The standard InChI is InChI=1S/C16H17NO4/c1-8-5-6-12-14(10(8)3)21-16(17-12)7-9(2)20-15(19)13(16)11(4)18/h5-7,17-18H,1-4H3/t16-/m0/s1. The molecule has 2 aliphatic heterocycles. The summed E-state index contributed by atoms with van der Waals surface area (Å²) in [7, 11) is 0. The molecule has 2 heterocycles. The molecule has 1 spiro atoms. The maximum absolute atomic E-state index is 12.1. The second kappa shape index (κ2) is 4.28. The number of carbonyl (C=O) groups excluding carboxylic acids is 1. The molecule has 5 nitrogen and oxygen atoms in total. The number of hydrogen-bond donors (Lipinski definition) is 2. The van der Waals surface area contributed by atoms with Crippen molar-refractivity contribution in [3.63, 3.8) is 0 Å². The summed E-state index contributed by atoms with van der Waals surface area (Å²) >= 11 is 0. The molecule has 0 saturated carbocycles. The highest BCUT2D eigenvalue weighted by molar-refractivity contribution is 5.95. The fourth-order valence-corrected chi connectivity index (χ4v) is 2.74. The van der Waals surface area contributed by atoms with Gasteiger partial charge in [0.15, 0.2) is 0 Å². The summed E-state index contributed by atoms with van der Waals surface area (Å²) in [6, 6.07) is 3.89. The van der Waals surface area contributed by atoms with Crippen LogP contribution < -0.4 is 10.1 Å². The number of anilines is 1. The van der Waals surface area contributed by atoms with Gasteiger partial charge in [-0.15, -0.1) is 0 Å². The fraction of sp³-hybridized carbons (Fsp3) is 0.312. The Bertz CT molecular complexity index is 713. The van der Waals surface area contributed by atoms with Gasteiger partial charge in [-0.1, -0.05) is 6.07 Å². The first-order valence-corrected chi connectivity index (χ1v) is 6.73. The summed E-state index contributed by atoms with van der Waals surface area (Å²) in [5, 5.41) is 13.1. The average Bonchev–Trinajstić information content (AvgIpc) is 2.71. The lowest BCUT2D eigenvalue weighted by molar-refractivity contribution is -0.138. The van der Waals surface area contributed by atoms with E-state index in [1.807, 2.05) is 26.0 Å². The molecule has 0 bridgehead atoms. The number of esters is 1. The van der Waals surface area contributed by atoms with Gasteiger partial charge in [-0.05, 0) is 44.9 Å². The Morgan fingerprint density at radius 3 is 2.67 bits per heavy atom. The predicted octanol–water partition coefficient (Wildman–Crippen LogP) is 3.10. The lowest BCUT2D eigenvalue weighted by Gasteiger charge is -2.31. The Balaban J connectivity index is 2.19. The number of allylic oxidation sites excluding steroid dienone is 2. The van der Waals surface area contributed by atoms with Crippen LogP contribution in [0.1, 0.15) is 25.0 Å². The summed E-state index contributed by atoms with van der Waals surface area (Å²) in [6.45, 7) is 7.07. The van der Waals surface area contributed by atoms with Crippen LogP contribution in [0.4, 0.5) is 5.69 Å². The zero-order valence-electron chi connectivity index (χ0n) is 12.4. The van der Waals surface area contributed by atoms with Gasteiger partial charge in [0, 0.05) is 6.08 Å².